The summed E-state index contributed by atoms with van der Waals surface area (Å²) in [5.74, 6) is 3.09. The molecule has 0 bridgehead atoms. The van der Waals surface area contributed by atoms with Crippen LogP contribution in [-0.4, -0.2) is 15.5 Å². The number of hydrogen-bond acceptors (Lipinski definition) is 7. The Morgan fingerprint density at radius 3 is 1.31 bits per heavy atom. The summed E-state index contributed by atoms with van der Waals surface area (Å²) < 4.78 is 14.7. The molecular weight excluding hydrogens is 439 g/mol. The first kappa shape index (κ1) is 27.5. The Morgan fingerprint density at radius 1 is 0.724 bits per heavy atom. The molecule has 0 saturated carbocycles. The Kier molecular flexibility index (Phi) is 12.9. The molecule has 0 radical (unpaired) electrons. The average molecular weight is 468 g/mol. The number of nitrogens with zero attached hydrogens (tertiary/aromatic N) is 3. The van der Waals surface area contributed by atoms with Crippen LogP contribution in [0.1, 0.15) is 58.0 Å². The van der Waals surface area contributed by atoms with Crippen LogP contribution in [0.2, 0.25) is 0 Å². The van der Waals surface area contributed by atoms with Gasteiger partial charge in [0.25, 0.3) is 0 Å². The van der Waals surface area contributed by atoms with E-state index in [2.05, 4.69) is 27.2 Å². The van der Waals surface area contributed by atoms with E-state index >= 15 is 0 Å². The molecule has 1 N–H and O–H groups in total. The van der Waals surface area contributed by atoms with Crippen LogP contribution < -0.4 is 4.84 Å². The quantitative estimate of drug-likeness (QED) is 0.380. The molecule has 7 nitrogen and oxygen atoms in total. The third kappa shape index (κ3) is 8.01. The predicted molar refractivity (Wildman–Crippen MR) is 117 cm³/mol. The Balaban J connectivity index is 0.000000399. The lowest BCUT2D eigenvalue weighted by molar-refractivity contribution is 0.392. The van der Waals surface area contributed by atoms with Gasteiger partial charge in [-0.2, -0.15) is 0 Å². The maximum atomic E-state index is 5.58. The lowest BCUT2D eigenvalue weighted by Crippen LogP contribution is -1.99. The number of aromatic nitrogens is 3. The summed E-state index contributed by atoms with van der Waals surface area (Å²) in [6.07, 6.45) is 1.02. The minimum absolute atomic E-state index is 0. The third-order valence-corrected chi connectivity index (χ3v) is 4.68. The van der Waals surface area contributed by atoms with Crippen LogP contribution in [0.25, 0.3) is 0 Å². The molecule has 3 aromatic heterocycles. The topological polar surface area (TPSA) is 90.1 Å². The summed E-state index contributed by atoms with van der Waals surface area (Å²) in [6.45, 7) is 14.1. The molecule has 10 heteroatoms. The van der Waals surface area contributed by atoms with Crippen molar-refractivity contribution in [2.24, 2.45) is 0 Å². The van der Waals surface area contributed by atoms with Crippen LogP contribution in [0.3, 0.4) is 0 Å². The highest BCUT2D eigenvalue weighted by atomic mass is 35.5. The van der Waals surface area contributed by atoms with E-state index < -0.39 is 0 Å². The van der Waals surface area contributed by atoms with Crippen LogP contribution in [0.4, 0.5) is 0 Å². The Bertz CT molecular complexity index is 754. The maximum absolute atomic E-state index is 5.58. The monoisotopic (exact) mass is 466 g/mol. The number of hydrogen-bond donors (Lipinski definition) is 1. The van der Waals surface area contributed by atoms with Crippen molar-refractivity contribution in [3.63, 3.8) is 0 Å². The molecule has 0 fully saturated rings. The molecule has 0 aliphatic heterocycles. The smallest absolute Gasteiger partial charge is 0.138 e. The summed E-state index contributed by atoms with van der Waals surface area (Å²) in [6, 6.07) is 0. The number of alkyl halides is 1. The van der Waals surface area contributed by atoms with Gasteiger partial charge < -0.3 is 13.6 Å². The molecule has 0 atom stereocenters. The minimum Gasteiger partial charge on any atom is -0.361 e. The van der Waals surface area contributed by atoms with Crippen molar-refractivity contribution in [1.29, 1.82) is 0 Å². The number of rotatable bonds is 4. The first-order valence-corrected chi connectivity index (χ1v) is 9.82. The Morgan fingerprint density at radius 2 is 1.10 bits per heavy atom. The maximum Gasteiger partial charge on any atom is 0.138 e. The van der Waals surface area contributed by atoms with Gasteiger partial charge in [-0.05, 0) is 59.7 Å². The minimum atomic E-state index is 0. The fourth-order valence-corrected chi connectivity index (χ4v) is 3.04. The SMILES string of the molecule is CCc1c(C)noc1C.Cc1noc(C)c1CCl.Cc1noc(C)c1CNCl.Cl. The van der Waals surface area contributed by atoms with E-state index in [1.165, 1.54) is 5.56 Å². The van der Waals surface area contributed by atoms with Gasteiger partial charge in [0, 0.05) is 23.2 Å². The number of aryl methyl sites for hydroxylation is 6. The van der Waals surface area contributed by atoms with Crippen molar-refractivity contribution in [3.8, 4) is 0 Å². The van der Waals surface area contributed by atoms with E-state index in [9.17, 15) is 0 Å². The van der Waals surface area contributed by atoms with Crippen molar-refractivity contribution in [2.45, 2.75) is 67.3 Å². The molecule has 0 unspecified atom stereocenters. The average Bonchev–Trinajstić information content (AvgIpc) is 3.28. The molecule has 0 spiro atoms. The van der Waals surface area contributed by atoms with Crippen LogP contribution >= 0.6 is 35.8 Å². The second-order valence-electron chi connectivity index (χ2n) is 6.21. The van der Waals surface area contributed by atoms with Gasteiger partial charge in [0.2, 0.25) is 0 Å². The summed E-state index contributed by atoms with van der Waals surface area (Å²) in [5.41, 5.74) is 6.10. The zero-order chi connectivity index (χ0) is 21.3. The normalized spacial score (nSPS) is 9.83. The highest BCUT2D eigenvalue weighted by molar-refractivity contribution is 6.17. The van der Waals surface area contributed by atoms with Crippen molar-refractivity contribution in [2.75, 3.05) is 0 Å². The van der Waals surface area contributed by atoms with Crippen molar-refractivity contribution >= 4 is 35.8 Å². The molecule has 3 rings (SSSR count). The van der Waals surface area contributed by atoms with E-state index in [0.717, 1.165) is 51.9 Å². The highest BCUT2D eigenvalue weighted by Crippen LogP contribution is 2.14. The molecule has 0 aliphatic carbocycles. The van der Waals surface area contributed by atoms with Crippen LogP contribution in [0.15, 0.2) is 13.6 Å². The molecule has 0 saturated heterocycles. The zero-order valence-electron chi connectivity index (χ0n) is 17.9. The Labute approximate surface area is 188 Å². The van der Waals surface area contributed by atoms with E-state index in [4.69, 9.17) is 36.9 Å². The predicted octanol–water partition coefficient (Wildman–Crippen LogP) is 5.84. The Hall–Kier alpha value is -1.54. The van der Waals surface area contributed by atoms with Crippen molar-refractivity contribution in [3.05, 3.63) is 51.1 Å². The third-order valence-electron chi connectivity index (χ3n) is 4.27. The fourth-order valence-electron chi connectivity index (χ4n) is 2.52. The standard InChI is InChI=1S/C7H11NO.C6H9ClN2O.C6H8ClNO.ClH/c1-4-7-5(2)8-9-6(7)3;1-4-6(3-8-7)5(2)10-9-4;1-4-6(3-7)5(2)9-8-4;/h4H2,1-3H3;8H,3H2,1-2H3;3H2,1-2H3;1H. The molecule has 29 heavy (non-hydrogen) atoms. The molecule has 0 amide bonds. The van der Waals surface area contributed by atoms with Gasteiger partial charge in [-0.1, -0.05) is 22.4 Å². The van der Waals surface area contributed by atoms with Gasteiger partial charge in [0.15, 0.2) is 0 Å². The van der Waals surface area contributed by atoms with Gasteiger partial charge in [-0.3, -0.25) is 0 Å². The largest absolute Gasteiger partial charge is 0.361 e. The lowest BCUT2D eigenvalue weighted by Gasteiger charge is -1.93. The molecule has 0 aliphatic rings. The van der Waals surface area contributed by atoms with Gasteiger partial charge in [-0.25, -0.2) is 4.84 Å². The van der Waals surface area contributed by atoms with Crippen molar-refractivity contribution in [1.82, 2.24) is 20.3 Å². The fraction of sp³-hybridized carbons (Fsp3) is 0.526. The van der Waals surface area contributed by atoms with E-state index in [-0.39, 0.29) is 12.4 Å². The summed E-state index contributed by atoms with van der Waals surface area (Å²) in [7, 11) is 0. The van der Waals surface area contributed by atoms with Crippen molar-refractivity contribution < 1.29 is 13.6 Å². The summed E-state index contributed by atoms with van der Waals surface area (Å²) in [5, 5.41) is 11.3. The second-order valence-corrected chi connectivity index (χ2v) is 6.74. The second kappa shape index (κ2) is 13.6. The summed E-state index contributed by atoms with van der Waals surface area (Å²) >= 11 is 10.9. The molecule has 0 aromatic carbocycles. The van der Waals surface area contributed by atoms with E-state index in [1.807, 2.05) is 41.5 Å². The highest BCUT2D eigenvalue weighted by Gasteiger charge is 2.07. The molecule has 164 valence electrons. The van der Waals surface area contributed by atoms with E-state index in [1.54, 1.807) is 0 Å². The van der Waals surface area contributed by atoms with Gasteiger partial charge in [0.05, 0.1) is 23.0 Å². The van der Waals surface area contributed by atoms with Gasteiger partial charge >= 0.3 is 0 Å². The van der Waals surface area contributed by atoms with Crippen LogP contribution in [0, 0.1) is 41.5 Å². The van der Waals surface area contributed by atoms with Crippen LogP contribution in [0.5, 0.6) is 0 Å². The zero-order valence-corrected chi connectivity index (χ0v) is 20.2. The van der Waals surface area contributed by atoms with E-state index in [0.29, 0.717) is 12.4 Å². The molecular formula is C19H29Cl3N4O3. The lowest BCUT2D eigenvalue weighted by atomic mass is 10.1. The first-order valence-electron chi connectivity index (χ1n) is 8.91. The molecule has 3 heterocycles. The first-order chi connectivity index (χ1) is 13.3. The van der Waals surface area contributed by atoms with Crippen LogP contribution in [-0.2, 0) is 18.8 Å². The summed E-state index contributed by atoms with van der Waals surface area (Å²) in [4.78, 5) is 2.52. The molecule has 3 aromatic rings. The number of halogens is 3. The van der Waals surface area contributed by atoms with Gasteiger partial charge in [-0.15, -0.1) is 24.0 Å². The van der Waals surface area contributed by atoms with Gasteiger partial charge in [0.1, 0.15) is 17.3 Å². The number of nitrogens with one attached hydrogen (secondary N) is 1.